The summed E-state index contributed by atoms with van der Waals surface area (Å²) in [6.45, 7) is 3.25. The first-order valence-electron chi connectivity index (χ1n) is 12.8. The summed E-state index contributed by atoms with van der Waals surface area (Å²) in [5, 5.41) is 1.64. The summed E-state index contributed by atoms with van der Waals surface area (Å²) in [5.41, 5.74) is 2.87. The summed E-state index contributed by atoms with van der Waals surface area (Å²) < 4.78 is 40.4. The van der Waals surface area contributed by atoms with Crippen LogP contribution in [0.3, 0.4) is 0 Å². The van der Waals surface area contributed by atoms with E-state index in [4.69, 9.17) is 19.4 Å². The van der Waals surface area contributed by atoms with Gasteiger partial charge in [-0.05, 0) is 29.1 Å². The van der Waals surface area contributed by atoms with Crippen LogP contribution in [0, 0.1) is 0 Å². The van der Waals surface area contributed by atoms with Gasteiger partial charge in [0.1, 0.15) is 17.4 Å². The minimum atomic E-state index is -3.72. The van der Waals surface area contributed by atoms with E-state index in [1.54, 1.807) is 23.5 Å². The quantitative estimate of drug-likeness (QED) is 0.375. The van der Waals surface area contributed by atoms with E-state index in [0.29, 0.717) is 50.6 Å². The van der Waals surface area contributed by atoms with Gasteiger partial charge in [0.05, 0.1) is 30.9 Å². The van der Waals surface area contributed by atoms with Crippen molar-refractivity contribution in [1.82, 2.24) is 14.3 Å². The Kier molecular flexibility index (Phi) is 6.73. The summed E-state index contributed by atoms with van der Waals surface area (Å²) >= 11 is 0. The Balaban J connectivity index is 1.37. The average Bonchev–Trinajstić information content (AvgIpc) is 2.96. The normalized spacial score (nSPS) is 16.4. The second kappa shape index (κ2) is 10.3. The maximum Gasteiger partial charge on any atom is 0.244 e. The van der Waals surface area contributed by atoms with Gasteiger partial charge in [0.2, 0.25) is 10.0 Å². The molecule has 4 aromatic rings. The number of morpholine rings is 1. The molecule has 196 valence electrons. The second-order valence-corrected chi connectivity index (χ2v) is 11.5. The van der Waals surface area contributed by atoms with Gasteiger partial charge in [-0.3, -0.25) is 0 Å². The molecule has 0 spiro atoms. The lowest BCUT2D eigenvalue weighted by Crippen LogP contribution is -2.41. The van der Waals surface area contributed by atoms with Crippen LogP contribution in [0.1, 0.15) is 22.6 Å². The number of hydrogen-bond donors (Lipinski definition) is 0. The molecule has 1 aromatic heterocycles. The summed E-state index contributed by atoms with van der Waals surface area (Å²) in [4.78, 5) is 12.5. The van der Waals surface area contributed by atoms with E-state index < -0.39 is 10.0 Å². The van der Waals surface area contributed by atoms with Gasteiger partial charge in [0, 0.05) is 50.0 Å². The third-order valence-corrected chi connectivity index (χ3v) is 9.13. The minimum absolute atomic E-state index is 0.243. The molecule has 0 saturated carbocycles. The van der Waals surface area contributed by atoms with Crippen molar-refractivity contribution in [3.8, 4) is 5.75 Å². The van der Waals surface area contributed by atoms with Crippen molar-refractivity contribution in [2.45, 2.75) is 24.3 Å². The number of rotatable bonds is 6. The molecular formula is C29H30N4O4S. The zero-order chi connectivity index (χ0) is 26.1. The van der Waals surface area contributed by atoms with Crippen LogP contribution < -0.4 is 9.64 Å². The van der Waals surface area contributed by atoms with E-state index in [0.717, 1.165) is 45.0 Å². The van der Waals surface area contributed by atoms with Gasteiger partial charge in [-0.2, -0.15) is 4.31 Å². The number of aromatic nitrogens is 2. The highest BCUT2D eigenvalue weighted by Crippen LogP contribution is 2.33. The van der Waals surface area contributed by atoms with Gasteiger partial charge in [-0.15, -0.1) is 0 Å². The molecule has 3 heterocycles. The molecule has 38 heavy (non-hydrogen) atoms. The summed E-state index contributed by atoms with van der Waals surface area (Å²) in [7, 11) is -2.07. The average molecular weight is 531 g/mol. The van der Waals surface area contributed by atoms with Crippen LogP contribution in [0.15, 0.2) is 71.6 Å². The molecule has 0 aliphatic carbocycles. The van der Waals surface area contributed by atoms with E-state index in [2.05, 4.69) is 4.90 Å². The van der Waals surface area contributed by atoms with Crippen molar-refractivity contribution in [2.75, 3.05) is 44.9 Å². The zero-order valence-electron chi connectivity index (χ0n) is 21.3. The van der Waals surface area contributed by atoms with Gasteiger partial charge in [0.15, 0.2) is 0 Å². The van der Waals surface area contributed by atoms with E-state index in [-0.39, 0.29) is 6.54 Å². The van der Waals surface area contributed by atoms with Crippen LogP contribution in [0.25, 0.3) is 10.8 Å². The smallest absolute Gasteiger partial charge is 0.244 e. The van der Waals surface area contributed by atoms with Gasteiger partial charge < -0.3 is 14.4 Å². The highest BCUT2D eigenvalue weighted by Gasteiger charge is 2.33. The SMILES string of the molecule is COc1cccc(Cc2nc3c(c(N4CCOCC4)n2)CN(S(=O)(=O)c2cccc4ccccc24)CC3)c1. The van der Waals surface area contributed by atoms with E-state index in [1.807, 2.05) is 54.6 Å². The molecule has 8 nitrogen and oxygen atoms in total. The lowest BCUT2D eigenvalue weighted by Gasteiger charge is -2.34. The summed E-state index contributed by atoms with van der Waals surface area (Å²) in [5.74, 6) is 2.33. The van der Waals surface area contributed by atoms with Crippen LogP contribution in [0.5, 0.6) is 5.75 Å². The molecule has 0 unspecified atom stereocenters. The molecule has 6 rings (SSSR count). The Morgan fingerprint density at radius 3 is 2.58 bits per heavy atom. The van der Waals surface area contributed by atoms with Gasteiger partial charge in [-0.1, -0.05) is 48.5 Å². The first kappa shape index (κ1) is 24.8. The van der Waals surface area contributed by atoms with Crippen LogP contribution in [-0.4, -0.2) is 62.6 Å². The lowest BCUT2D eigenvalue weighted by molar-refractivity contribution is 0.122. The lowest BCUT2D eigenvalue weighted by atomic mass is 10.1. The minimum Gasteiger partial charge on any atom is -0.497 e. The summed E-state index contributed by atoms with van der Waals surface area (Å²) in [6.07, 6.45) is 1.10. The van der Waals surface area contributed by atoms with E-state index in [1.165, 1.54) is 0 Å². The Morgan fingerprint density at radius 1 is 0.947 bits per heavy atom. The Hall–Kier alpha value is -3.53. The molecule has 0 N–H and O–H groups in total. The molecule has 0 bridgehead atoms. The maximum atomic E-state index is 13.9. The van der Waals surface area contributed by atoms with E-state index in [9.17, 15) is 8.42 Å². The number of hydrogen-bond acceptors (Lipinski definition) is 7. The maximum absolute atomic E-state index is 13.9. The fourth-order valence-electron chi connectivity index (χ4n) is 5.27. The van der Waals surface area contributed by atoms with Gasteiger partial charge in [0.25, 0.3) is 0 Å². The van der Waals surface area contributed by atoms with Crippen LogP contribution in [0.4, 0.5) is 5.82 Å². The standard InChI is InChI=1S/C29H30N4O4S/c1-36-23-9-4-6-21(18-23)19-28-30-26-12-13-33(20-25(26)29(31-28)32-14-16-37-17-15-32)38(34,35)27-11-5-8-22-7-2-3-10-24(22)27/h2-11,18H,12-17,19-20H2,1H3. The number of methoxy groups -OCH3 is 1. The third kappa shape index (κ3) is 4.73. The summed E-state index contributed by atoms with van der Waals surface area (Å²) in [6, 6.07) is 21.0. The predicted molar refractivity (Wildman–Crippen MR) is 146 cm³/mol. The second-order valence-electron chi connectivity index (χ2n) is 9.58. The molecule has 3 aromatic carbocycles. The van der Waals surface area contributed by atoms with Gasteiger partial charge >= 0.3 is 0 Å². The number of anilines is 1. The van der Waals surface area contributed by atoms with Gasteiger partial charge in [-0.25, -0.2) is 18.4 Å². The largest absolute Gasteiger partial charge is 0.497 e. The van der Waals surface area contributed by atoms with Crippen molar-refractivity contribution in [3.63, 3.8) is 0 Å². The monoisotopic (exact) mass is 530 g/mol. The highest BCUT2D eigenvalue weighted by molar-refractivity contribution is 7.89. The Bertz CT molecular complexity index is 1580. The number of nitrogens with zero attached hydrogens (tertiary/aromatic N) is 4. The van der Waals surface area contributed by atoms with Crippen LogP contribution >= 0.6 is 0 Å². The fourth-order valence-corrected chi connectivity index (χ4v) is 6.89. The molecule has 1 fully saturated rings. The van der Waals surface area contributed by atoms with Crippen molar-refractivity contribution < 1.29 is 17.9 Å². The third-order valence-electron chi connectivity index (χ3n) is 7.22. The molecular weight excluding hydrogens is 500 g/mol. The number of sulfonamides is 1. The Labute approximate surface area is 222 Å². The molecule has 9 heteroatoms. The topological polar surface area (TPSA) is 84.9 Å². The molecule has 0 atom stereocenters. The number of fused-ring (bicyclic) bond motifs is 2. The van der Waals surface area contributed by atoms with Crippen molar-refractivity contribution in [3.05, 3.63) is 89.4 Å². The first-order chi connectivity index (χ1) is 18.5. The van der Waals surface area contributed by atoms with Crippen LogP contribution in [-0.2, 0) is 34.1 Å². The zero-order valence-corrected chi connectivity index (χ0v) is 22.2. The molecule has 0 amide bonds. The van der Waals surface area contributed by atoms with Crippen molar-refractivity contribution >= 4 is 26.6 Å². The Morgan fingerprint density at radius 2 is 1.74 bits per heavy atom. The first-order valence-corrected chi connectivity index (χ1v) is 14.3. The van der Waals surface area contributed by atoms with Crippen molar-refractivity contribution in [2.24, 2.45) is 0 Å². The fraction of sp³-hybridized carbons (Fsp3) is 0.310. The van der Waals surface area contributed by atoms with Crippen molar-refractivity contribution in [1.29, 1.82) is 0 Å². The molecule has 2 aliphatic heterocycles. The van der Waals surface area contributed by atoms with E-state index >= 15 is 0 Å². The number of ether oxygens (including phenoxy) is 2. The highest BCUT2D eigenvalue weighted by atomic mass is 32.2. The predicted octanol–water partition coefficient (Wildman–Crippen LogP) is 3.81. The number of benzene rings is 3. The molecule has 0 radical (unpaired) electrons. The van der Waals surface area contributed by atoms with Crippen LogP contribution in [0.2, 0.25) is 0 Å². The molecule has 1 saturated heterocycles. The molecule has 2 aliphatic rings.